The predicted octanol–water partition coefficient (Wildman–Crippen LogP) is 1.24. The van der Waals surface area contributed by atoms with Crippen LogP contribution in [0.3, 0.4) is 0 Å². The van der Waals surface area contributed by atoms with Crippen LogP contribution in [-0.2, 0) is 0 Å². The van der Waals surface area contributed by atoms with Gasteiger partial charge in [-0.25, -0.2) is 0 Å². The van der Waals surface area contributed by atoms with Crippen LogP contribution in [0.4, 0.5) is 0 Å². The molecule has 0 amide bonds. The van der Waals surface area contributed by atoms with Crippen molar-refractivity contribution in [1.29, 1.82) is 0 Å². The van der Waals surface area contributed by atoms with Crippen LogP contribution < -0.4 is 4.74 Å². The number of carbonyl (C=O) groups excluding carboxylic acids is 1. The molecule has 1 atom stereocenters. The van der Waals surface area contributed by atoms with E-state index in [1.807, 2.05) is 0 Å². The van der Waals surface area contributed by atoms with Crippen molar-refractivity contribution in [2.75, 3.05) is 0 Å². The Morgan fingerprint density at radius 3 is 1.91 bits per heavy atom. The van der Waals surface area contributed by atoms with Gasteiger partial charge in [0.15, 0.2) is 46.4 Å². The van der Waals surface area contributed by atoms with Gasteiger partial charge in [-0.15, -0.1) is 0 Å². The van der Waals surface area contributed by atoms with E-state index in [0.29, 0.717) is 0 Å². The first-order valence-corrected chi connectivity index (χ1v) is 6.04. The van der Waals surface area contributed by atoms with Crippen molar-refractivity contribution in [2.45, 2.75) is 6.10 Å². The SMILES string of the molecule is O=C1c2c(O)c(O)cc(O)c2OC1c1cc(O)c(O)c(O)c1. The first kappa shape index (κ1) is 13.7. The summed E-state index contributed by atoms with van der Waals surface area (Å²) in [6.07, 6.45) is -1.37. The van der Waals surface area contributed by atoms with E-state index >= 15 is 0 Å². The van der Waals surface area contributed by atoms with Crippen LogP contribution >= 0.6 is 0 Å². The number of carbonyl (C=O) groups is 1. The highest BCUT2D eigenvalue weighted by molar-refractivity contribution is 6.08. The lowest BCUT2D eigenvalue weighted by Crippen LogP contribution is -2.10. The van der Waals surface area contributed by atoms with Crippen LogP contribution in [-0.4, -0.2) is 36.4 Å². The second kappa shape index (κ2) is 4.35. The standard InChI is InChI=1S/C14H10O8/c15-5-1-4(2-6(16)10(5)19)13-12(21)9-11(20)7(17)3-8(18)14(9)22-13/h1-3,13,15-20H. The second-order valence-corrected chi connectivity index (χ2v) is 4.74. The molecule has 1 aliphatic rings. The maximum Gasteiger partial charge on any atom is 0.215 e. The van der Waals surface area contributed by atoms with Crippen molar-refractivity contribution in [1.82, 2.24) is 0 Å². The Labute approximate surface area is 122 Å². The first-order valence-electron chi connectivity index (χ1n) is 6.04. The Hall–Kier alpha value is -3.29. The molecule has 0 saturated heterocycles. The molecule has 0 aromatic heterocycles. The lowest BCUT2D eigenvalue weighted by molar-refractivity contribution is 0.0854. The number of benzene rings is 2. The Morgan fingerprint density at radius 2 is 1.32 bits per heavy atom. The summed E-state index contributed by atoms with van der Waals surface area (Å²) in [6.45, 7) is 0. The summed E-state index contributed by atoms with van der Waals surface area (Å²) < 4.78 is 5.25. The average molecular weight is 306 g/mol. The van der Waals surface area contributed by atoms with Crippen LogP contribution in [0.2, 0.25) is 0 Å². The maximum absolute atomic E-state index is 12.3. The lowest BCUT2D eigenvalue weighted by atomic mass is 10.0. The molecule has 0 bridgehead atoms. The Kier molecular flexibility index (Phi) is 2.71. The van der Waals surface area contributed by atoms with E-state index in [2.05, 4.69) is 0 Å². The number of fused-ring (bicyclic) bond motifs is 1. The molecule has 1 heterocycles. The number of ketones is 1. The minimum Gasteiger partial charge on any atom is -0.504 e. The molecule has 3 rings (SSSR count). The largest absolute Gasteiger partial charge is 0.504 e. The second-order valence-electron chi connectivity index (χ2n) is 4.74. The molecule has 0 aliphatic carbocycles. The normalized spacial score (nSPS) is 16.4. The number of ether oxygens (including phenoxy) is 1. The Morgan fingerprint density at radius 1 is 0.773 bits per heavy atom. The van der Waals surface area contributed by atoms with Crippen LogP contribution in [0.25, 0.3) is 0 Å². The fraction of sp³-hybridized carbons (Fsp3) is 0.0714. The molecule has 0 radical (unpaired) electrons. The molecule has 6 N–H and O–H groups in total. The van der Waals surface area contributed by atoms with Crippen molar-refractivity contribution in [3.63, 3.8) is 0 Å². The number of phenols is 6. The minimum atomic E-state index is -1.37. The van der Waals surface area contributed by atoms with E-state index in [1.54, 1.807) is 0 Å². The molecule has 1 aliphatic heterocycles. The topological polar surface area (TPSA) is 148 Å². The van der Waals surface area contributed by atoms with Crippen molar-refractivity contribution >= 4 is 5.78 Å². The van der Waals surface area contributed by atoms with Crippen molar-refractivity contribution < 1.29 is 40.2 Å². The number of hydrogen-bond acceptors (Lipinski definition) is 8. The zero-order valence-corrected chi connectivity index (χ0v) is 10.8. The Bertz CT molecular complexity index is 788. The van der Waals surface area contributed by atoms with Crippen molar-refractivity contribution in [3.8, 4) is 40.2 Å². The van der Waals surface area contributed by atoms with E-state index in [-0.39, 0.29) is 11.3 Å². The molecule has 1 unspecified atom stereocenters. The summed E-state index contributed by atoms with van der Waals surface area (Å²) in [5.74, 6) is -5.18. The highest BCUT2D eigenvalue weighted by atomic mass is 16.5. The number of hydrogen-bond donors (Lipinski definition) is 6. The molecule has 2 aromatic rings. The van der Waals surface area contributed by atoms with Gasteiger partial charge >= 0.3 is 0 Å². The van der Waals surface area contributed by atoms with E-state index in [1.165, 1.54) is 0 Å². The fourth-order valence-corrected chi connectivity index (χ4v) is 2.27. The van der Waals surface area contributed by atoms with Gasteiger partial charge in [0.1, 0.15) is 5.56 Å². The molecule has 22 heavy (non-hydrogen) atoms. The van der Waals surface area contributed by atoms with E-state index in [9.17, 15) is 35.4 Å². The smallest absolute Gasteiger partial charge is 0.215 e. The van der Waals surface area contributed by atoms with E-state index in [0.717, 1.165) is 18.2 Å². The first-order chi connectivity index (χ1) is 10.3. The van der Waals surface area contributed by atoms with Gasteiger partial charge in [0.25, 0.3) is 0 Å². The molecular weight excluding hydrogens is 296 g/mol. The molecule has 114 valence electrons. The summed E-state index contributed by atoms with van der Waals surface area (Å²) in [7, 11) is 0. The highest BCUT2D eigenvalue weighted by Crippen LogP contribution is 2.51. The predicted molar refractivity (Wildman–Crippen MR) is 70.6 cm³/mol. The van der Waals surface area contributed by atoms with Gasteiger partial charge in [-0.05, 0) is 12.1 Å². The highest BCUT2D eigenvalue weighted by Gasteiger charge is 2.40. The quantitative estimate of drug-likeness (QED) is 0.340. The number of aromatic hydroxyl groups is 6. The summed E-state index contributed by atoms with van der Waals surface area (Å²) in [5, 5.41) is 57.1. The molecule has 0 spiro atoms. The van der Waals surface area contributed by atoms with Crippen molar-refractivity contribution in [3.05, 3.63) is 29.3 Å². The fourth-order valence-electron chi connectivity index (χ4n) is 2.27. The molecular formula is C14H10O8. The van der Waals surface area contributed by atoms with Crippen LogP contribution in [0.5, 0.6) is 40.2 Å². The van der Waals surface area contributed by atoms with Gasteiger partial charge < -0.3 is 35.4 Å². The Balaban J connectivity index is 2.12. The summed E-state index contributed by atoms with van der Waals surface area (Å²) in [6, 6.07) is 2.81. The van der Waals surface area contributed by atoms with Gasteiger partial charge in [-0.3, -0.25) is 4.79 Å². The third-order valence-corrected chi connectivity index (χ3v) is 3.33. The van der Waals surface area contributed by atoms with Gasteiger partial charge in [0.05, 0.1) is 0 Å². The molecule has 8 nitrogen and oxygen atoms in total. The molecule has 0 fully saturated rings. The zero-order chi connectivity index (χ0) is 16.2. The molecule has 2 aromatic carbocycles. The number of rotatable bonds is 1. The number of Topliss-reactive ketones (excluding diaryl/α,β-unsaturated/α-hetero) is 1. The van der Waals surface area contributed by atoms with Gasteiger partial charge in [0.2, 0.25) is 5.78 Å². The maximum atomic E-state index is 12.3. The van der Waals surface area contributed by atoms with Crippen LogP contribution in [0, 0.1) is 0 Å². The minimum absolute atomic E-state index is 0.00714. The van der Waals surface area contributed by atoms with E-state index < -0.39 is 51.9 Å². The van der Waals surface area contributed by atoms with Crippen molar-refractivity contribution in [2.24, 2.45) is 0 Å². The van der Waals surface area contributed by atoms with Crippen LogP contribution in [0.1, 0.15) is 22.0 Å². The number of phenolic OH excluding ortho intramolecular Hbond substituents is 6. The molecule has 8 heteroatoms. The van der Waals surface area contributed by atoms with Gasteiger partial charge in [-0.1, -0.05) is 0 Å². The summed E-state index contributed by atoms with van der Waals surface area (Å²) in [5.41, 5.74) is -0.415. The third kappa shape index (κ3) is 1.74. The van der Waals surface area contributed by atoms with Crippen LogP contribution in [0.15, 0.2) is 18.2 Å². The van der Waals surface area contributed by atoms with Gasteiger partial charge in [0, 0.05) is 11.6 Å². The third-order valence-electron chi connectivity index (χ3n) is 3.33. The zero-order valence-electron chi connectivity index (χ0n) is 10.8. The molecule has 0 saturated carbocycles. The lowest BCUT2D eigenvalue weighted by Gasteiger charge is -2.11. The monoisotopic (exact) mass is 306 g/mol. The average Bonchev–Trinajstić information content (AvgIpc) is 2.80. The van der Waals surface area contributed by atoms with E-state index in [4.69, 9.17) is 4.74 Å². The van der Waals surface area contributed by atoms with Gasteiger partial charge in [-0.2, -0.15) is 0 Å². The summed E-state index contributed by atoms with van der Waals surface area (Å²) in [4.78, 5) is 12.3. The summed E-state index contributed by atoms with van der Waals surface area (Å²) >= 11 is 0.